The van der Waals surface area contributed by atoms with Crippen molar-refractivity contribution in [3.05, 3.63) is 12.7 Å². The number of phosphoric ester groups is 3. The van der Waals surface area contributed by atoms with Gasteiger partial charge < -0.3 is 84.3 Å². The molecule has 9 N–H and O–H groups in total. The molecule has 19 atom stereocenters. The first kappa shape index (κ1) is 64.0. The third kappa shape index (κ3) is 14.9. The number of aromatic nitrogens is 4. The van der Waals surface area contributed by atoms with Crippen molar-refractivity contribution in [1.82, 2.24) is 30.2 Å². The van der Waals surface area contributed by atoms with Crippen molar-refractivity contribution in [1.29, 1.82) is 0 Å². The van der Waals surface area contributed by atoms with E-state index in [4.69, 9.17) is 10.5 Å². The summed E-state index contributed by atoms with van der Waals surface area (Å²) in [6.45, 7) is 8.70. The largest absolute Gasteiger partial charge is 0.790 e. The fraction of sp³-hybridized carbons (Fsp3) is 0.833. The Morgan fingerprint density at radius 1 is 0.924 bits per heavy atom. The van der Waals surface area contributed by atoms with Crippen molar-refractivity contribution in [2.75, 3.05) is 37.8 Å². The van der Waals surface area contributed by atoms with Crippen LogP contribution < -0.4 is 35.9 Å². The second-order valence-corrected chi connectivity index (χ2v) is 28.7. The van der Waals surface area contributed by atoms with Gasteiger partial charge in [-0.1, -0.05) is 53.3 Å². The van der Waals surface area contributed by atoms with Crippen molar-refractivity contribution in [3.8, 4) is 0 Å². The topological polar surface area (TPSA) is 436 Å². The zero-order valence-corrected chi connectivity index (χ0v) is 48.6. The first-order valence-corrected chi connectivity index (χ1v) is 32.2. The lowest BCUT2D eigenvalue weighted by Gasteiger charge is -2.62. The van der Waals surface area contributed by atoms with Crippen LogP contribution in [0.2, 0.25) is 0 Å². The molecule has 448 valence electrons. The number of hydrogen-bond donors (Lipinski definition) is 8. The van der Waals surface area contributed by atoms with Crippen LogP contribution in [-0.4, -0.2) is 137 Å². The second-order valence-electron chi connectivity index (χ2n) is 23.5. The fourth-order valence-electron chi connectivity index (χ4n) is 13.6. The maximum atomic E-state index is 13.1. The van der Waals surface area contributed by atoms with E-state index >= 15 is 0 Å². The van der Waals surface area contributed by atoms with Gasteiger partial charge in [0.1, 0.15) is 36.3 Å². The molecule has 27 nitrogen and oxygen atoms in total. The summed E-state index contributed by atoms with van der Waals surface area (Å²) < 4.78 is 61.2. The van der Waals surface area contributed by atoms with Gasteiger partial charge in [0.2, 0.25) is 11.8 Å². The molecule has 0 bridgehead atoms. The number of nitrogens with zero attached hydrogens (tertiary/aromatic N) is 4. The molecule has 1 saturated heterocycles. The van der Waals surface area contributed by atoms with Gasteiger partial charge in [0, 0.05) is 30.7 Å². The Labute approximate surface area is 462 Å². The molecule has 5 fully saturated rings. The van der Waals surface area contributed by atoms with Crippen molar-refractivity contribution in [3.63, 3.8) is 0 Å². The molecule has 1 aliphatic heterocycles. The summed E-state index contributed by atoms with van der Waals surface area (Å²) in [7, 11) is -17.7. The Morgan fingerprint density at radius 3 is 2.32 bits per heavy atom. The van der Waals surface area contributed by atoms with E-state index in [1.807, 2.05) is 0 Å². The monoisotopic (exact) mass is 1200 g/mol. The minimum absolute atomic E-state index is 0.0283. The van der Waals surface area contributed by atoms with Gasteiger partial charge in [-0.3, -0.25) is 28.1 Å². The van der Waals surface area contributed by atoms with Gasteiger partial charge in [-0.25, -0.2) is 19.3 Å². The summed E-state index contributed by atoms with van der Waals surface area (Å²) in [6.07, 6.45) is -0.209. The summed E-state index contributed by atoms with van der Waals surface area (Å²) in [5.74, 6) is 0.257. The Morgan fingerprint density at radius 2 is 1.61 bits per heavy atom. The van der Waals surface area contributed by atoms with E-state index in [1.54, 1.807) is 6.92 Å². The van der Waals surface area contributed by atoms with Crippen molar-refractivity contribution >= 4 is 69.1 Å². The van der Waals surface area contributed by atoms with Crippen LogP contribution in [0.25, 0.3) is 11.2 Å². The number of aliphatic hydroxyl groups is 5. The molecule has 0 spiro atoms. The number of anilines is 1. The van der Waals surface area contributed by atoms with Gasteiger partial charge in [-0.05, 0) is 111 Å². The molecule has 2 amide bonds. The smallest absolute Gasteiger partial charge is 0.274 e. The van der Waals surface area contributed by atoms with Crippen LogP contribution in [0.3, 0.4) is 0 Å². The molecule has 2 unspecified atom stereocenters. The summed E-state index contributed by atoms with van der Waals surface area (Å²) >= 11 is 0.989. The van der Waals surface area contributed by atoms with Gasteiger partial charge in [-0.15, -0.1) is 0 Å². The average molecular weight is 1200 g/mol. The van der Waals surface area contributed by atoms with Crippen molar-refractivity contribution < 1.29 is 95.8 Å². The van der Waals surface area contributed by atoms with Crippen molar-refractivity contribution in [2.24, 2.45) is 57.7 Å². The number of imidazole rings is 1. The third-order valence-corrected chi connectivity index (χ3v) is 22.1. The predicted octanol–water partition coefficient (Wildman–Crippen LogP) is 0.541. The number of nitrogens with one attached hydrogen (secondary N) is 2. The lowest BCUT2D eigenvalue weighted by Crippen LogP contribution is -2.58. The zero-order valence-electron chi connectivity index (χ0n) is 45.1. The summed E-state index contributed by atoms with van der Waals surface area (Å²) in [6, 6.07) is 0. The van der Waals surface area contributed by atoms with Crippen LogP contribution in [0.5, 0.6) is 0 Å². The number of carbonyl (C=O) groups is 3. The Hall–Kier alpha value is -2.56. The second kappa shape index (κ2) is 25.3. The van der Waals surface area contributed by atoms with Gasteiger partial charge in [0.25, 0.3) is 15.6 Å². The molecular formula is C48H76N7O20P3S-4. The molecular weight excluding hydrogens is 1120 g/mol. The molecule has 4 saturated carbocycles. The highest BCUT2D eigenvalue weighted by Gasteiger charge is 2.63. The minimum Gasteiger partial charge on any atom is -0.790 e. The van der Waals surface area contributed by atoms with Crippen LogP contribution in [0, 0.1) is 57.7 Å². The minimum atomic E-state index is -5.95. The van der Waals surface area contributed by atoms with Crippen LogP contribution in [0.4, 0.5) is 5.82 Å². The number of hydrogen-bond acceptors (Lipinski definition) is 25. The van der Waals surface area contributed by atoms with Gasteiger partial charge >= 0.3 is 0 Å². The van der Waals surface area contributed by atoms with Crippen LogP contribution in [-0.2, 0) is 50.7 Å². The van der Waals surface area contributed by atoms with E-state index in [0.717, 1.165) is 86.8 Å². The summed E-state index contributed by atoms with van der Waals surface area (Å²) in [5, 5.41) is 59.5. The van der Waals surface area contributed by atoms with Crippen LogP contribution in [0.15, 0.2) is 12.7 Å². The molecule has 2 aromatic heterocycles. The number of amides is 2. The normalized spacial score (nSPS) is 34.0. The standard InChI is InChI=1S/C48H80N7O20P3S/c1-25(29-8-9-30-36-31(12-15-48(29,30)6)47(5)14-11-28(56)19-27(47)20-33(36)58)7-10-32(57)26(2)45(63)79-18-17-50-35(59)13-16-51-43(62)40(61)46(3,4)22-72-78(69,70)75-77(67,68)71-21-34-39(74-76(64,65)66)38(60)44(73-34)55-24-54-37-41(49)52-23-53-42(37)55/h23-34,36,38-40,44,56-58,60-61H,7-22H2,1-6H3,(H,50,59)(H,51,62)(H,67,68)(H,69,70)(H2,49,52,53)(H2,64,65,66)/p-4/t25-,26-,27+,28-,29-,30+,31+,32-,33-,34-,36+,38-,39-,40+,44-,47+,48-/m1/s1. The van der Waals surface area contributed by atoms with E-state index in [9.17, 15) is 73.2 Å². The Balaban J connectivity index is 0.774. The van der Waals surface area contributed by atoms with Gasteiger partial charge in [0.15, 0.2) is 22.8 Å². The number of nitrogen functional groups attached to an aromatic ring is 1. The lowest BCUT2D eigenvalue weighted by molar-refractivity contribution is -0.347. The molecule has 0 aromatic carbocycles. The molecule has 31 heteroatoms. The molecule has 4 aliphatic carbocycles. The summed E-state index contributed by atoms with van der Waals surface area (Å²) in [4.78, 5) is 98.5. The molecule has 79 heavy (non-hydrogen) atoms. The maximum absolute atomic E-state index is 13.1. The van der Waals surface area contributed by atoms with Gasteiger partial charge in [-0.2, -0.15) is 0 Å². The van der Waals surface area contributed by atoms with Gasteiger partial charge in [0.05, 0.1) is 51.6 Å². The number of carbonyl (C=O) groups excluding carboxylic acids is 3. The number of thioether (sulfide) groups is 1. The fourth-order valence-corrected chi connectivity index (χ4v) is 17.2. The zero-order chi connectivity index (χ0) is 58.2. The number of aliphatic hydroxyl groups excluding tert-OH is 5. The highest BCUT2D eigenvalue weighted by atomic mass is 32.2. The number of phosphoric acid groups is 3. The quantitative estimate of drug-likeness (QED) is 0.0497. The molecule has 0 radical (unpaired) electrons. The average Bonchev–Trinajstić information content (AvgIpc) is 4.08. The first-order valence-electron chi connectivity index (χ1n) is 26.8. The van der Waals surface area contributed by atoms with Crippen LogP contribution >= 0.6 is 35.2 Å². The van der Waals surface area contributed by atoms with E-state index in [-0.39, 0.29) is 76.3 Å². The molecule has 3 heterocycles. The SMILES string of the molecule is C[C@H](CC[C@@H](O)[C@@H](C)C(=O)SCCNC(=O)CCNC(=O)[C@H](O)C(C)(C)COP(=O)([O-])OP(=O)([O-])OC[C@H]1O[C@@H](n2cnc3c(N)ncnc32)[C@H](O)[C@@H]1OP(=O)([O-])[O-])[C@H]1CC[C@H]2[C@@H]3[C@H](O)C[C@@H]4C[C@H](O)CC[C@]4(C)[C@H]3CC[C@]12C. The summed E-state index contributed by atoms with van der Waals surface area (Å²) in [5.41, 5.74) is 4.30. The third-order valence-electron chi connectivity index (χ3n) is 18.0. The Kier molecular flexibility index (Phi) is 20.5. The van der Waals surface area contributed by atoms with E-state index in [2.05, 4.69) is 64.2 Å². The molecule has 5 aliphatic rings. The number of ether oxygens (including phenoxy) is 1. The highest BCUT2D eigenvalue weighted by molar-refractivity contribution is 8.13. The number of nitrogens with two attached hydrogens (primary N) is 1. The van der Waals surface area contributed by atoms with E-state index in [1.165, 1.54) is 13.8 Å². The maximum Gasteiger partial charge on any atom is 0.274 e. The predicted molar refractivity (Wildman–Crippen MR) is 274 cm³/mol. The van der Waals surface area contributed by atoms with Crippen molar-refractivity contribution in [2.45, 2.75) is 161 Å². The van der Waals surface area contributed by atoms with E-state index in [0.29, 0.717) is 36.0 Å². The van der Waals surface area contributed by atoms with E-state index < -0.39 is 96.6 Å². The molecule has 7 rings (SSSR count). The lowest BCUT2D eigenvalue weighted by atomic mass is 9.43. The first-order chi connectivity index (χ1) is 36.8. The Bertz CT molecular complexity index is 2640. The highest BCUT2D eigenvalue weighted by Crippen LogP contribution is 2.68. The number of fused-ring (bicyclic) bond motifs is 6. The van der Waals surface area contributed by atoms with Crippen LogP contribution in [0.1, 0.15) is 118 Å². The number of rotatable bonds is 25. The molecule has 2 aromatic rings.